The lowest BCUT2D eigenvalue weighted by Gasteiger charge is -2.20. The summed E-state index contributed by atoms with van der Waals surface area (Å²) >= 11 is 0. The van der Waals surface area contributed by atoms with E-state index in [0.29, 0.717) is 12.8 Å². The lowest BCUT2D eigenvalue weighted by atomic mass is 10.0. The van der Waals surface area contributed by atoms with Gasteiger partial charge in [0.15, 0.2) is 6.10 Å². The maximum Gasteiger partial charge on any atom is 0.472 e. The normalized spacial score (nSPS) is 13.9. The zero-order chi connectivity index (χ0) is 39.3. The van der Waals surface area contributed by atoms with E-state index in [1.165, 1.54) is 96.3 Å². The monoisotopic (exact) mass is 776 g/mol. The Kier molecular flexibility index (Phi) is 35.9. The standard InChI is InChI=1S/C41H78NO10P/c1-3-5-7-9-11-13-15-16-17-18-19-20-21-22-23-25-26-28-30-32-39(43)49-34-37(35-50-53(47,48)51-36-38(42)41(45)46)52-40(44)33-31-29-27-24-14-12-10-8-6-4-2/h8,10,37-38H,3-7,9,11-36,42H2,1-2H3,(H,45,46)(H,47,48)/b10-8-. The fraction of sp³-hybridized carbons (Fsp3) is 0.878. The van der Waals surface area contributed by atoms with Gasteiger partial charge < -0.3 is 25.2 Å². The maximum absolute atomic E-state index is 12.5. The lowest BCUT2D eigenvalue weighted by molar-refractivity contribution is -0.161. The number of phosphoric ester groups is 1. The second kappa shape index (κ2) is 37.2. The minimum Gasteiger partial charge on any atom is -0.480 e. The average molecular weight is 776 g/mol. The molecule has 0 rings (SSSR count). The van der Waals surface area contributed by atoms with Crippen molar-refractivity contribution >= 4 is 25.7 Å². The van der Waals surface area contributed by atoms with Gasteiger partial charge in [-0.3, -0.25) is 23.4 Å². The molecule has 3 atom stereocenters. The van der Waals surface area contributed by atoms with E-state index in [0.717, 1.165) is 64.2 Å². The SMILES string of the molecule is CCC/C=C\CCCCCCCC(=O)OC(COC(=O)CCCCCCCCCCCCCCCCCCCCC)COP(=O)(O)OCC(N)C(=O)O. The highest BCUT2D eigenvalue weighted by atomic mass is 31.2. The van der Waals surface area contributed by atoms with Gasteiger partial charge >= 0.3 is 25.7 Å². The smallest absolute Gasteiger partial charge is 0.472 e. The Morgan fingerprint density at radius 2 is 0.981 bits per heavy atom. The summed E-state index contributed by atoms with van der Waals surface area (Å²) in [5.74, 6) is -2.38. The van der Waals surface area contributed by atoms with Crippen LogP contribution < -0.4 is 5.73 Å². The summed E-state index contributed by atoms with van der Waals surface area (Å²) in [4.78, 5) is 45.8. The molecule has 0 aromatic rings. The third kappa shape index (κ3) is 36.9. The highest BCUT2D eigenvalue weighted by molar-refractivity contribution is 7.47. The molecule has 0 fully saturated rings. The number of rotatable bonds is 40. The number of carbonyl (C=O) groups excluding carboxylic acids is 2. The number of phosphoric acid groups is 1. The van der Waals surface area contributed by atoms with Crippen LogP contribution in [-0.2, 0) is 37.5 Å². The van der Waals surface area contributed by atoms with Gasteiger partial charge in [-0.05, 0) is 32.1 Å². The van der Waals surface area contributed by atoms with Crippen LogP contribution in [0.15, 0.2) is 12.2 Å². The summed E-state index contributed by atoms with van der Waals surface area (Å²) in [6.45, 7) is 2.74. The van der Waals surface area contributed by atoms with Gasteiger partial charge in [-0.2, -0.15) is 0 Å². The Balaban J connectivity index is 4.25. The Bertz CT molecular complexity index is 963. The van der Waals surface area contributed by atoms with Crippen LogP contribution in [0.5, 0.6) is 0 Å². The first kappa shape index (κ1) is 51.2. The molecule has 0 radical (unpaired) electrons. The van der Waals surface area contributed by atoms with Crippen molar-refractivity contribution in [2.75, 3.05) is 19.8 Å². The molecule has 0 aromatic heterocycles. The van der Waals surface area contributed by atoms with Crippen molar-refractivity contribution in [2.24, 2.45) is 5.73 Å². The highest BCUT2D eigenvalue weighted by Gasteiger charge is 2.28. The third-order valence-corrected chi connectivity index (χ3v) is 10.2. The zero-order valence-electron chi connectivity index (χ0n) is 33.6. The molecule has 11 nitrogen and oxygen atoms in total. The van der Waals surface area contributed by atoms with E-state index >= 15 is 0 Å². The molecule has 0 spiro atoms. The summed E-state index contributed by atoms with van der Waals surface area (Å²) < 4.78 is 32.6. The van der Waals surface area contributed by atoms with Crippen LogP contribution in [0.3, 0.4) is 0 Å². The Labute approximate surface area is 322 Å². The predicted octanol–water partition coefficient (Wildman–Crippen LogP) is 10.9. The first-order valence-electron chi connectivity index (χ1n) is 21.2. The van der Waals surface area contributed by atoms with E-state index in [-0.39, 0.29) is 19.4 Å². The molecule has 3 unspecified atom stereocenters. The van der Waals surface area contributed by atoms with Crippen molar-refractivity contribution < 1.29 is 47.5 Å². The summed E-state index contributed by atoms with van der Waals surface area (Å²) in [7, 11) is -4.71. The van der Waals surface area contributed by atoms with Crippen molar-refractivity contribution in [1.82, 2.24) is 0 Å². The van der Waals surface area contributed by atoms with Crippen LogP contribution in [0.2, 0.25) is 0 Å². The Hall–Kier alpha value is -1.78. The van der Waals surface area contributed by atoms with Crippen LogP contribution in [0, 0.1) is 0 Å². The molecule has 0 saturated carbocycles. The molecule has 0 aliphatic carbocycles. The minimum atomic E-state index is -4.71. The van der Waals surface area contributed by atoms with Crippen molar-refractivity contribution in [3.63, 3.8) is 0 Å². The second-order valence-electron chi connectivity index (χ2n) is 14.5. The molecule has 0 amide bonds. The lowest BCUT2D eigenvalue weighted by Crippen LogP contribution is -2.34. The van der Waals surface area contributed by atoms with E-state index in [1.807, 2.05) is 0 Å². The largest absolute Gasteiger partial charge is 0.480 e. The topological polar surface area (TPSA) is 172 Å². The van der Waals surface area contributed by atoms with Crippen molar-refractivity contribution in [3.05, 3.63) is 12.2 Å². The fourth-order valence-electron chi connectivity index (χ4n) is 5.89. The number of esters is 2. The zero-order valence-corrected chi connectivity index (χ0v) is 34.5. The number of carboxylic acids is 1. The van der Waals surface area contributed by atoms with Gasteiger partial charge in [-0.15, -0.1) is 0 Å². The van der Waals surface area contributed by atoms with Crippen LogP contribution in [0.4, 0.5) is 0 Å². The molecular formula is C41H78NO10P. The van der Waals surface area contributed by atoms with Crippen LogP contribution in [-0.4, -0.2) is 59.9 Å². The Morgan fingerprint density at radius 1 is 0.566 bits per heavy atom. The van der Waals surface area contributed by atoms with Crippen molar-refractivity contribution in [1.29, 1.82) is 0 Å². The van der Waals surface area contributed by atoms with Crippen LogP contribution >= 0.6 is 7.82 Å². The first-order chi connectivity index (χ1) is 25.6. The van der Waals surface area contributed by atoms with E-state index in [1.54, 1.807) is 0 Å². The number of carbonyl (C=O) groups is 3. The molecule has 53 heavy (non-hydrogen) atoms. The van der Waals surface area contributed by atoms with E-state index in [4.69, 9.17) is 24.8 Å². The van der Waals surface area contributed by atoms with Crippen molar-refractivity contribution in [3.8, 4) is 0 Å². The van der Waals surface area contributed by atoms with Gasteiger partial charge in [0, 0.05) is 12.8 Å². The molecule has 0 aliphatic heterocycles. The van der Waals surface area contributed by atoms with E-state index in [2.05, 4.69) is 30.5 Å². The fourth-order valence-corrected chi connectivity index (χ4v) is 6.67. The molecule has 0 aliphatic rings. The molecule has 0 heterocycles. The Morgan fingerprint density at radius 3 is 1.45 bits per heavy atom. The molecule has 312 valence electrons. The van der Waals surface area contributed by atoms with Gasteiger partial charge in [0.1, 0.15) is 12.6 Å². The molecule has 0 saturated heterocycles. The highest BCUT2D eigenvalue weighted by Crippen LogP contribution is 2.43. The van der Waals surface area contributed by atoms with Crippen molar-refractivity contribution in [2.45, 2.75) is 212 Å². The number of hydrogen-bond donors (Lipinski definition) is 3. The maximum atomic E-state index is 12.5. The predicted molar refractivity (Wildman–Crippen MR) is 213 cm³/mol. The first-order valence-corrected chi connectivity index (χ1v) is 22.7. The summed E-state index contributed by atoms with van der Waals surface area (Å²) in [6.07, 6.45) is 35.8. The number of nitrogens with two attached hydrogens (primary N) is 1. The second-order valence-corrected chi connectivity index (χ2v) is 15.9. The summed E-state index contributed by atoms with van der Waals surface area (Å²) in [5.41, 5.74) is 5.32. The average Bonchev–Trinajstić information content (AvgIpc) is 3.13. The van der Waals surface area contributed by atoms with Crippen LogP contribution in [0.1, 0.15) is 200 Å². The molecular weight excluding hydrogens is 697 g/mol. The van der Waals surface area contributed by atoms with Gasteiger partial charge in [0.2, 0.25) is 0 Å². The number of allylic oxidation sites excluding steroid dienone is 2. The number of aliphatic carboxylic acids is 1. The molecule has 12 heteroatoms. The molecule has 0 aromatic carbocycles. The van der Waals surface area contributed by atoms with E-state index < -0.39 is 51.1 Å². The number of unbranched alkanes of at least 4 members (excludes halogenated alkanes) is 24. The quantitative estimate of drug-likeness (QED) is 0.0234. The van der Waals surface area contributed by atoms with Gasteiger partial charge in [0.25, 0.3) is 0 Å². The van der Waals surface area contributed by atoms with Gasteiger partial charge in [-0.1, -0.05) is 167 Å². The number of ether oxygens (including phenoxy) is 2. The molecule has 4 N–H and O–H groups in total. The van der Waals surface area contributed by atoms with Gasteiger partial charge in [-0.25, -0.2) is 4.57 Å². The number of hydrogen-bond acceptors (Lipinski definition) is 9. The molecule has 0 bridgehead atoms. The third-order valence-electron chi connectivity index (χ3n) is 9.24. The van der Waals surface area contributed by atoms with Crippen LogP contribution in [0.25, 0.3) is 0 Å². The van der Waals surface area contributed by atoms with E-state index in [9.17, 15) is 23.8 Å². The summed E-state index contributed by atoms with van der Waals surface area (Å²) in [6, 6.07) is -1.52. The number of carboxylic acid groups (broad SMARTS) is 1. The summed E-state index contributed by atoms with van der Waals surface area (Å²) in [5, 5.41) is 8.86. The minimum absolute atomic E-state index is 0.154. The van der Waals surface area contributed by atoms with Gasteiger partial charge in [0.05, 0.1) is 13.2 Å².